The van der Waals surface area contributed by atoms with Crippen LogP contribution in [0.1, 0.15) is 31.7 Å². The molecule has 0 radical (unpaired) electrons. The smallest absolute Gasteiger partial charge is 0.120 e. The molecule has 0 aliphatic heterocycles. The first-order valence-corrected chi connectivity index (χ1v) is 9.12. The molecular formula is C22H25NO3. The van der Waals surface area contributed by atoms with Gasteiger partial charge >= 0.3 is 0 Å². The molecule has 0 amide bonds. The summed E-state index contributed by atoms with van der Waals surface area (Å²) in [6.07, 6.45) is 4.24. The molecule has 3 rings (SSSR count). The standard InChI is InChI=1S/C22H25NO3/c1-2-3-8-19(24)16-26-20-9-4-6-17(13-20)15-25-21-10-11-22-18(14-21)7-5-12-23-22/h4-7,9-14,19,24H,2-3,8,15-16H2,1H3. The molecule has 1 atom stereocenters. The molecule has 0 aliphatic carbocycles. The highest BCUT2D eigenvalue weighted by molar-refractivity contribution is 5.79. The molecule has 4 nitrogen and oxygen atoms in total. The highest BCUT2D eigenvalue weighted by Gasteiger charge is 2.05. The maximum atomic E-state index is 9.89. The van der Waals surface area contributed by atoms with Crippen LogP contribution in [-0.4, -0.2) is 22.8 Å². The third-order valence-corrected chi connectivity index (χ3v) is 4.21. The van der Waals surface area contributed by atoms with Crippen molar-refractivity contribution in [2.75, 3.05) is 6.61 Å². The van der Waals surface area contributed by atoms with Crippen LogP contribution in [0.5, 0.6) is 11.5 Å². The second-order valence-electron chi connectivity index (χ2n) is 6.40. The minimum atomic E-state index is -0.416. The first kappa shape index (κ1) is 18.2. The van der Waals surface area contributed by atoms with Gasteiger partial charge in [-0.1, -0.05) is 38.0 Å². The number of hydrogen-bond donors (Lipinski definition) is 1. The Bertz CT molecular complexity index is 834. The van der Waals surface area contributed by atoms with E-state index in [1.807, 2.05) is 54.6 Å². The van der Waals surface area contributed by atoms with Gasteiger partial charge in [-0.3, -0.25) is 4.98 Å². The first-order chi connectivity index (χ1) is 12.7. The number of hydrogen-bond acceptors (Lipinski definition) is 4. The molecule has 136 valence electrons. The van der Waals surface area contributed by atoms with Gasteiger partial charge in [0.05, 0.1) is 11.6 Å². The van der Waals surface area contributed by atoms with Crippen LogP contribution in [0, 0.1) is 0 Å². The van der Waals surface area contributed by atoms with Gasteiger partial charge in [0, 0.05) is 11.6 Å². The van der Waals surface area contributed by atoms with Crippen LogP contribution in [-0.2, 0) is 6.61 Å². The lowest BCUT2D eigenvalue weighted by molar-refractivity contribution is 0.0979. The summed E-state index contributed by atoms with van der Waals surface area (Å²) in [7, 11) is 0. The number of ether oxygens (including phenoxy) is 2. The number of pyridine rings is 1. The van der Waals surface area contributed by atoms with Crippen molar-refractivity contribution < 1.29 is 14.6 Å². The number of aromatic nitrogens is 1. The Labute approximate surface area is 154 Å². The van der Waals surface area contributed by atoms with Gasteiger partial charge in [-0.2, -0.15) is 0 Å². The summed E-state index contributed by atoms with van der Waals surface area (Å²) in [6.45, 7) is 2.90. The van der Waals surface area contributed by atoms with Crippen LogP contribution in [0.3, 0.4) is 0 Å². The Kier molecular flexibility index (Phi) is 6.45. The van der Waals surface area contributed by atoms with E-state index in [1.165, 1.54) is 0 Å². The molecule has 0 saturated heterocycles. The summed E-state index contributed by atoms with van der Waals surface area (Å²) in [5, 5.41) is 11.0. The predicted octanol–water partition coefficient (Wildman–Crippen LogP) is 4.74. The van der Waals surface area contributed by atoms with Crippen LogP contribution in [0.25, 0.3) is 10.9 Å². The highest BCUT2D eigenvalue weighted by atomic mass is 16.5. The van der Waals surface area contributed by atoms with Crippen molar-refractivity contribution in [1.82, 2.24) is 4.98 Å². The molecule has 1 N–H and O–H groups in total. The average Bonchev–Trinajstić information content (AvgIpc) is 2.69. The number of fused-ring (bicyclic) bond motifs is 1. The van der Waals surface area contributed by atoms with Crippen LogP contribution < -0.4 is 9.47 Å². The molecular weight excluding hydrogens is 326 g/mol. The number of rotatable bonds is 9. The lowest BCUT2D eigenvalue weighted by Crippen LogP contribution is -2.17. The molecule has 3 aromatic rings. The summed E-state index contributed by atoms with van der Waals surface area (Å²) < 4.78 is 11.6. The van der Waals surface area contributed by atoms with E-state index in [9.17, 15) is 5.11 Å². The summed E-state index contributed by atoms with van der Waals surface area (Å²) >= 11 is 0. The zero-order chi connectivity index (χ0) is 18.2. The van der Waals surface area contributed by atoms with Gasteiger partial charge < -0.3 is 14.6 Å². The minimum absolute atomic E-state index is 0.321. The molecule has 1 heterocycles. The number of aliphatic hydroxyl groups is 1. The monoisotopic (exact) mass is 351 g/mol. The Morgan fingerprint density at radius 2 is 1.88 bits per heavy atom. The molecule has 0 aliphatic rings. The van der Waals surface area contributed by atoms with Crippen LogP contribution >= 0.6 is 0 Å². The predicted molar refractivity (Wildman–Crippen MR) is 104 cm³/mol. The zero-order valence-electron chi connectivity index (χ0n) is 15.1. The Morgan fingerprint density at radius 3 is 2.77 bits per heavy atom. The Balaban J connectivity index is 1.56. The number of aliphatic hydroxyl groups excluding tert-OH is 1. The number of nitrogens with zero attached hydrogens (tertiary/aromatic N) is 1. The maximum Gasteiger partial charge on any atom is 0.120 e. The lowest BCUT2D eigenvalue weighted by atomic mass is 10.2. The van der Waals surface area contributed by atoms with E-state index in [-0.39, 0.29) is 0 Å². The number of benzene rings is 2. The van der Waals surface area contributed by atoms with E-state index in [0.717, 1.165) is 47.2 Å². The first-order valence-electron chi connectivity index (χ1n) is 9.12. The van der Waals surface area contributed by atoms with Crippen LogP contribution in [0.4, 0.5) is 0 Å². The topological polar surface area (TPSA) is 51.6 Å². The fourth-order valence-electron chi connectivity index (χ4n) is 2.75. The fraction of sp³-hybridized carbons (Fsp3) is 0.318. The van der Waals surface area contributed by atoms with Crippen molar-refractivity contribution in [3.05, 3.63) is 66.4 Å². The molecule has 0 saturated carbocycles. The van der Waals surface area contributed by atoms with Crippen molar-refractivity contribution >= 4 is 10.9 Å². The Morgan fingerprint density at radius 1 is 1.00 bits per heavy atom. The maximum absolute atomic E-state index is 9.89. The SMILES string of the molecule is CCCCC(O)COc1cccc(COc2ccc3ncccc3c2)c1. The van der Waals surface area contributed by atoms with E-state index < -0.39 is 6.10 Å². The van der Waals surface area contributed by atoms with Gasteiger partial charge in [-0.25, -0.2) is 0 Å². The van der Waals surface area contributed by atoms with Gasteiger partial charge in [0.15, 0.2) is 0 Å². The zero-order valence-corrected chi connectivity index (χ0v) is 15.1. The van der Waals surface area contributed by atoms with Crippen molar-refractivity contribution in [1.29, 1.82) is 0 Å². The molecule has 1 aromatic heterocycles. The molecule has 26 heavy (non-hydrogen) atoms. The average molecular weight is 351 g/mol. The number of unbranched alkanes of at least 4 members (excludes halogenated alkanes) is 1. The molecule has 4 heteroatoms. The van der Waals surface area contributed by atoms with Crippen molar-refractivity contribution in [3.8, 4) is 11.5 Å². The van der Waals surface area contributed by atoms with Crippen molar-refractivity contribution in [3.63, 3.8) is 0 Å². The van der Waals surface area contributed by atoms with E-state index >= 15 is 0 Å². The third-order valence-electron chi connectivity index (χ3n) is 4.21. The van der Waals surface area contributed by atoms with Gasteiger partial charge in [0.25, 0.3) is 0 Å². The van der Waals surface area contributed by atoms with Crippen LogP contribution in [0.15, 0.2) is 60.8 Å². The minimum Gasteiger partial charge on any atom is -0.491 e. The molecule has 0 bridgehead atoms. The molecule has 2 aromatic carbocycles. The lowest BCUT2D eigenvalue weighted by Gasteiger charge is -2.13. The van der Waals surface area contributed by atoms with Gasteiger partial charge in [0.2, 0.25) is 0 Å². The summed E-state index contributed by atoms with van der Waals surface area (Å²) in [4.78, 5) is 4.31. The summed E-state index contributed by atoms with van der Waals surface area (Å²) in [5.41, 5.74) is 1.98. The molecule has 0 fully saturated rings. The van der Waals surface area contributed by atoms with E-state index in [1.54, 1.807) is 6.20 Å². The normalized spacial score (nSPS) is 12.1. The quantitative estimate of drug-likeness (QED) is 0.605. The Hall–Kier alpha value is -2.59. The summed E-state index contributed by atoms with van der Waals surface area (Å²) in [6, 6.07) is 17.6. The van der Waals surface area contributed by atoms with Gasteiger partial charge in [-0.15, -0.1) is 0 Å². The summed E-state index contributed by atoms with van der Waals surface area (Å²) in [5.74, 6) is 1.57. The van der Waals surface area contributed by atoms with Gasteiger partial charge in [-0.05, 0) is 48.4 Å². The third kappa shape index (κ3) is 5.20. The van der Waals surface area contributed by atoms with E-state index in [0.29, 0.717) is 13.2 Å². The second kappa shape index (κ2) is 9.20. The highest BCUT2D eigenvalue weighted by Crippen LogP contribution is 2.21. The van der Waals surface area contributed by atoms with Crippen molar-refractivity contribution in [2.45, 2.75) is 38.9 Å². The van der Waals surface area contributed by atoms with Gasteiger partial charge in [0.1, 0.15) is 24.7 Å². The fourth-order valence-corrected chi connectivity index (χ4v) is 2.75. The molecule has 0 spiro atoms. The van der Waals surface area contributed by atoms with E-state index in [4.69, 9.17) is 9.47 Å². The van der Waals surface area contributed by atoms with E-state index in [2.05, 4.69) is 11.9 Å². The largest absolute Gasteiger partial charge is 0.491 e. The van der Waals surface area contributed by atoms with Crippen molar-refractivity contribution in [2.24, 2.45) is 0 Å². The van der Waals surface area contributed by atoms with Crippen LogP contribution in [0.2, 0.25) is 0 Å². The second-order valence-corrected chi connectivity index (χ2v) is 6.40. The molecule has 1 unspecified atom stereocenters.